The molecule has 0 spiro atoms. The van der Waals surface area contributed by atoms with Crippen molar-refractivity contribution in [1.82, 2.24) is 0 Å². The van der Waals surface area contributed by atoms with Gasteiger partial charge in [-0.25, -0.2) is 4.79 Å². The number of carboxylic acid groups (broad SMARTS) is 1. The highest BCUT2D eigenvalue weighted by atomic mass is 28.4. The minimum absolute atomic E-state index is 0.0359. The lowest BCUT2D eigenvalue weighted by Crippen LogP contribution is -2.46. The van der Waals surface area contributed by atoms with E-state index >= 15 is 0 Å². The highest BCUT2D eigenvalue weighted by Crippen LogP contribution is 2.38. The van der Waals surface area contributed by atoms with E-state index in [1.165, 1.54) is 44.9 Å². The zero-order valence-corrected chi connectivity index (χ0v) is 21.6. The third kappa shape index (κ3) is 9.96. The van der Waals surface area contributed by atoms with Crippen molar-refractivity contribution in [2.75, 3.05) is 0 Å². The molecule has 2 atom stereocenters. The number of hydrogen-bond acceptors (Lipinski definition) is 2. The summed E-state index contributed by atoms with van der Waals surface area (Å²) in [6.07, 6.45) is 20.6. The van der Waals surface area contributed by atoms with Crippen molar-refractivity contribution in [1.29, 1.82) is 0 Å². The van der Waals surface area contributed by atoms with Crippen LogP contribution in [0.5, 0.6) is 0 Å². The number of hydrogen-bond donors (Lipinski definition) is 1. The predicted octanol–water partition coefficient (Wildman–Crippen LogP) is 8.27. The quantitative estimate of drug-likeness (QED) is 0.159. The molecule has 0 radical (unpaired) electrons. The summed E-state index contributed by atoms with van der Waals surface area (Å²) in [7, 11) is -2.05. The van der Waals surface area contributed by atoms with Crippen molar-refractivity contribution in [2.45, 2.75) is 129 Å². The molecule has 1 rings (SSSR count). The Morgan fingerprint density at radius 1 is 1.20 bits per heavy atom. The fraction of sp³-hybridized carbons (Fsp3) is 0.808. The van der Waals surface area contributed by atoms with E-state index in [1.54, 1.807) is 5.57 Å². The molecule has 1 unspecified atom stereocenters. The van der Waals surface area contributed by atoms with Crippen LogP contribution in [-0.4, -0.2) is 25.5 Å². The topological polar surface area (TPSA) is 46.5 Å². The van der Waals surface area contributed by atoms with E-state index < -0.39 is 20.4 Å². The third-order valence-electron chi connectivity index (χ3n) is 6.90. The molecule has 1 aliphatic carbocycles. The van der Waals surface area contributed by atoms with E-state index in [-0.39, 0.29) is 5.04 Å². The fourth-order valence-corrected chi connectivity index (χ4v) is 5.13. The molecule has 0 bridgehead atoms. The van der Waals surface area contributed by atoms with Crippen molar-refractivity contribution < 1.29 is 14.3 Å². The summed E-state index contributed by atoms with van der Waals surface area (Å²) < 4.78 is 6.16. The monoisotopic (exact) mass is 436 g/mol. The standard InChI is InChI=1S/C26H48O3Si/c1-7-8-9-10-11-13-17-22-19-16-20-23(22)18-14-12-15-21-24(25(27)28)29-30(5,6)26(2,3)4/h13,17,20,22,24H,7-12,14-16,18-19,21H2,1-6H3,(H,27,28)/t22-,24?/m0/s1. The summed E-state index contributed by atoms with van der Waals surface area (Å²) >= 11 is 0. The van der Waals surface area contributed by atoms with E-state index in [9.17, 15) is 9.90 Å². The van der Waals surface area contributed by atoms with Crippen LogP contribution in [0.25, 0.3) is 0 Å². The van der Waals surface area contributed by atoms with Crippen LogP contribution in [0.3, 0.4) is 0 Å². The predicted molar refractivity (Wildman–Crippen MR) is 131 cm³/mol. The van der Waals surface area contributed by atoms with Crippen LogP contribution >= 0.6 is 0 Å². The van der Waals surface area contributed by atoms with Gasteiger partial charge in [-0.05, 0) is 69.0 Å². The maximum Gasteiger partial charge on any atom is 0.331 e. The Balaban J connectivity index is 2.32. The van der Waals surface area contributed by atoms with Crippen LogP contribution < -0.4 is 0 Å². The fourth-order valence-electron chi connectivity index (χ4n) is 3.84. The van der Waals surface area contributed by atoms with E-state index in [1.807, 2.05) is 0 Å². The smallest absolute Gasteiger partial charge is 0.331 e. The molecular formula is C26H48O3Si. The molecule has 0 aliphatic heterocycles. The first-order valence-electron chi connectivity index (χ1n) is 12.3. The van der Waals surface area contributed by atoms with E-state index in [0.29, 0.717) is 12.3 Å². The van der Waals surface area contributed by atoms with Gasteiger partial charge in [0.1, 0.15) is 6.10 Å². The highest BCUT2D eigenvalue weighted by Gasteiger charge is 2.40. The minimum atomic E-state index is -2.05. The Kier molecular flexibility index (Phi) is 12.2. The average Bonchev–Trinajstić information content (AvgIpc) is 3.09. The molecule has 0 aromatic rings. The van der Waals surface area contributed by atoms with Crippen molar-refractivity contribution in [3.05, 3.63) is 23.8 Å². The number of aliphatic carboxylic acids is 1. The summed E-state index contributed by atoms with van der Waals surface area (Å²) in [5.74, 6) is -0.160. The zero-order valence-electron chi connectivity index (χ0n) is 20.6. The van der Waals surface area contributed by atoms with Crippen molar-refractivity contribution in [2.24, 2.45) is 5.92 Å². The number of rotatable bonds is 15. The van der Waals surface area contributed by atoms with Gasteiger partial charge in [-0.2, -0.15) is 0 Å². The maximum atomic E-state index is 11.7. The summed E-state index contributed by atoms with van der Waals surface area (Å²) in [5.41, 5.74) is 1.60. The molecule has 1 aliphatic rings. The van der Waals surface area contributed by atoms with E-state index in [4.69, 9.17) is 4.43 Å². The van der Waals surface area contributed by atoms with Gasteiger partial charge >= 0.3 is 5.97 Å². The lowest BCUT2D eigenvalue weighted by Gasteiger charge is -2.38. The Hall–Kier alpha value is -0.873. The molecule has 0 fully saturated rings. The zero-order chi connectivity index (χ0) is 22.6. The highest BCUT2D eigenvalue weighted by molar-refractivity contribution is 6.74. The molecule has 30 heavy (non-hydrogen) atoms. The summed E-state index contributed by atoms with van der Waals surface area (Å²) in [6.45, 7) is 13.0. The molecule has 0 aromatic carbocycles. The summed E-state index contributed by atoms with van der Waals surface area (Å²) in [5, 5.41) is 9.63. The van der Waals surface area contributed by atoms with Gasteiger partial charge in [0.15, 0.2) is 8.32 Å². The average molecular weight is 437 g/mol. The van der Waals surface area contributed by atoms with Gasteiger partial charge in [-0.3, -0.25) is 0 Å². The van der Waals surface area contributed by atoms with Crippen molar-refractivity contribution in [3.8, 4) is 0 Å². The Bertz CT molecular complexity index is 557. The first-order valence-corrected chi connectivity index (χ1v) is 15.3. The Morgan fingerprint density at radius 3 is 2.53 bits per heavy atom. The molecule has 0 aromatic heterocycles. The molecule has 0 saturated heterocycles. The van der Waals surface area contributed by atoms with Crippen LogP contribution in [-0.2, 0) is 9.22 Å². The number of carbonyl (C=O) groups is 1. The van der Waals surface area contributed by atoms with Crippen molar-refractivity contribution in [3.63, 3.8) is 0 Å². The molecule has 3 nitrogen and oxygen atoms in total. The van der Waals surface area contributed by atoms with Crippen LogP contribution in [0.4, 0.5) is 0 Å². The lowest BCUT2D eigenvalue weighted by molar-refractivity contribution is -0.146. The molecule has 174 valence electrons. The van der Waals surface area contributed by atoms with Crippen LogP contribution in [0.2, 0.25) is 18.1 Å². The molecule has 0 amide bonds. The molecule has 0 heterocycles. The van der Waals surface area contributed by atoms with E-state index in [2.05, 4.69) is 59.0 Å². The second-order valence-electron chi connectivity index (χ2n) is 10.5. The maximum absolute atomic E-state index is 11.7. The molecule has 1 N–H and O–H groups in total. The second-order valence-corrected chi connectivity index (χ2v) is 15.3. The second kappa shape index (κ2) is 13.5. The lowest BCUT2D eigenvalue weighted by atomic mass is 9.95. The number of allylic oxidation sites excluding steroid dienone is 4. The third-order valence-corrected chi connectivity index (χ3v) is 11.4. The Morgan fingerprint density at radius 2 is 1.90 bits per heavy atom. The van der Waals surface area contributed by atoms with Crippen molar-refractivity contribution >= 4 is 14.3 Å². The van der Waals surface area contributed by atoms with Crippen LogP contribution in [0, 0.1) is 5.92 Å². The van der Waals surface area contributed by atoms with Gasteiger partial charge in [-0.1, -0.05) is 83.6 Å². The van der Waals surface area contributed by atoms with Crippen LogP contribution in [0.1, 0.15) is 105 Å². The van der Waals surface area contributed by atoms with E-state index in [0.717, 1.165) is 25.7 Å². The van der Waals surface area contributed by atoms with Gasteiger partial charge in [0.05, 0.1) is 0 Å². The number of unbranched alkanes of at least 4 members (excludes halogenated alkanes) is 6. The van der Waals surface area contributed by atoms with Crippen LogP contribution in [0.15, 0.2) is 23.8 Å². The largest absolute Gasteiger partial charge is 0.479 e. The molecule has 0 saturated carbocycles. The SMILES string of the molecule is CCCCCCC=C[C@H]1CCC=C1CCCCCC(O[Si](C)(C)C(C)(C)C)C(=O)O. The first-order chi connectivity index (χ1) is 14.1. The first kappa shape index (κ1) is 27.2. The van der Waals surface area contributed by atoms with Gasteiger partial charge in [-0.15, -0.1) is 0 Å². The van der Waals surface area contributed by atoms with Gasteiger partial charge in [0.25, 0.3) is 0 Å². The van der Waals surface area contributed by atoms with Gasteiger partial charge in [0.2, 0.25) is 0 Å². The van der Waals surface area contributed by atoms with Gasteiger partial charge < -0.3 is 9.53 Å². The molecular weight excluding hydrogens is 388 g/mol. The minimum Gasteiger partial charge on any atom is -0.479 e. The molecule has 4 heteroatoms. The normalized spacial score (nSPS) is 18.7. The summed E-state index contributed by atoms with van der Waals surface area (Å²) in [4.78, 5) is 11.7. The summed E-state index contributed by atoms with van der Waals surface area (Å²) in [6, 6.07) is 0. The van der Waals surface area contributed by atoms with Gasteiger partial charge in [0, 0.05) is 0 Å². The Labute approximate surface area is 187 Å². The number of carboxylic acids is 1.